The number of H-pyrrole nitrogens is 1. The Kier molecular flexibility index (Phi) is 2.70. The first kappa shape index (κ1) is 11.5. The molecule has 1 unspecified atom stereocenters. The number of hydrogen-bond donors (Lipinski definition) is 2. The van der Waals surface area contributed by atoms with E-state index >= 15 is 0 Å². The molecule has 1 aromatic carbocycles. The number of fused-ring (bicyclic) bond motifs is 1. The molecule has 2 aromatic rings. The van der Waals surface area contributed by atoms with E-state index in [2.05, 4.69) is 26.2 Å². The fourth-order valence-electron chi connectivity index (χ4n) is 2.44. The van der Waals surface area contributed by atoms with E-state index in [1.54, 1.807) is 0 Å². The van der Waals surface area contributed by atoms with Gasteiger partial charge in [0.05, 0.1) is 5.92 Å². The van der Waals surface area contributed by atoms with Crippen LogP contribution in [0.2, 0.25) is 0 Å². The summed E-state index contributed by atoms with van der Waals surface area (Å²) >= 11 is 3.45. The van der Waals surface area contributed by atoms with Crippen molar-refractivity contribution >= 4 is 38.6 Å². The molecule has 5 heteroatoms. The van der Waals surface area contributed by atoms with Crippen molar-refractivity contribution in [3.63, 3.8) is 0 Å². The average molecular weight is 307 g/mol. The molecule has 1 aromatic heterocycles. The van der Waals surface area contributed by atoms with Crippen molar-refractivity contribution in [3.05, 3.63) is 34.4 Å². The molecular formula is C13H11BrN2O2. The normalized spacial score (nSPS) is 20.2. The fraction of sp³-hybridized carbons (Fsp3) is 0.231. The molecule has 2 heterocycles. The van der Waals surface area contributed by atoms with Gasteiger partial charge in [-0.2, -0.15) is 0 Å². The van der Waals surface area contributed by atoms with Crippen LogP contribution in [0.15, 0.2) is 28.9 Å². The minimum absolute atomic E-state index is 0.184. The molecule has 1 aliphatic heterocycles. The molecule has 4 nitrogen and oxygen atoms in total. The summed E-state index contributed by atoms with van der Waals surface area (Å²) in [7, 11) is 0. The first-order chi connectivity index (χ1) is 8.65. The highest BCUT2D eigenvalue weighted by molar-refractivity contribution is 9.10. The first-order valence-electron chi connectivity index (χ1n) is 5.75. The Morgan fingerprint density at radius 2 is 2.11 bits per heavy atom. The Bertz CT molecular complexity index is 647. The van der Waals surface area contributed by atoms with E-state index in [0.29, 0.717) is 12.8 Å². The van der Waals surface area contributed by atoms with Crippen LogP contribution in [-0.2, 0) is 9.59 Å². The van der Waals surface area contributed by atoms with Crippen LogP contribution in [0.3, 0.4) is 0 Å². The van der Waals surface area contributed by atoms with Crippen LogP contribution >= 0.6 is 15.9 Å². The summed E-state index contributed by atoms with van der Waals surface area (Å²) in [5.41, 5.74) is 1.95. The van der Waals surface area contributed by atoms with Crippen LogP contribution in [0.1, 0.15) is 24.3 Å². The van der Waals surface area contributed by atoms with Crippen molar-refractivity contribution in [1.82, 2.24) is 10.3 Å². The number of amides is 2. The van der Waals surface area contributed by atoms with Gasteiger partial charge < -0.3 is 4.98 Å². The lowest BCUT2D eigenvalue weighted by molar-refractivity contribution is -0.134. The standard InChI is InChI=1S/C13H11BrN2O2/c14-7-5-10(8-3-4-15-11(8)6-7)9-1-2-12(17)16-13(9)18/h3-6,9,15H,1-2H2,(H,16,17,18). The summed E-state index contributed by atoms with van der Waals surface area (Å²) in [6, 6.07) is 5.89. The number of halogens is 1. The highest BCUT2D eigenvalue weighted by Gasteiger charge is 2.29. The number of aromatic nitrogens is 1. The number of carbonyl (C=O) groups excluding carboxylic acids is 2. The van der Waals surface area contributed by atoms with E-state index in [1.165, 1.54) is 0 Å². The van der Waals surface area contributed by atoms with Crippen LogP contribution in [0, 0.1) is 0 Å². The second-order valence-electron chi connectivity index (χ2n) is 4.44. The monoisotopic (exact) mass is 306 g/mol. The largest absolute Gasteiger partial charge is 0.361 e. The lowest BCUT2D eigenvalue weighted by Gasteiger charge is -2.22. The second kappa shape index (κ2) is 4.24. The number of carbonyl (C=O) groups is 2. The Hall–Kier alpha value is -1.62. The van der Waals surface area contributed by atoms with Crippen LogP contribution in [0.5, 0.6) is 0 Å². The number of aromatic amines is 1. The number of hydrogen-bond acceptors (Lipinski definition) is 2. The zero-order valence-corrected chi connectivity index (χ0v) is 11.1. The molecule has 0 aliphatic carbocycles. The van der Waals surface area contributed by atoms with Gasteiger partial charge in [-0.15, -0.1) is 0 Å². The Balaban J connectivity index is 2.11. The van der Waals surface area contributed by atoms with E-state index < -0.39 is 0 Å². The molecule has 1 aliphatic rings. The second-order valence-corrected chi connectivity index (χ2v) is 5.35. The van der Waals surface area contributed by atoms with Crippen LogP contribution < -0.4 is 5.32 Å². The van der Waals surface area contributed by atoms with E-state index in [0.717, 1.165) is 20.9 Å². The van der Waals surface area contributed by atoms with Gasteiger partial charge in [0.1, 0.15) is 0 Å². The number of rotatable bonds is 1. The highest BCUT2D eigenvalue weighted by Crippen LogP contribution is 2.33. The Morgan fingerprint density at radius 1 is 1.28 bits per heavy atom. The molecular weight excluding hydrogens is 296 g/mol. The summed E-state index contributed by atoms with van der Waals surface area (Å²) in [4.78, 5) is 26.2. The maximum Gasteiger partial charge on any atom is 0.234 e. The summed E-state index contributed by atoms with van der Waals surface area (Å²) in [6.07, 6.45) is 2.82. The van der Waals surface area contributed by atoms with E-state index in [9.17, 15) is 9.59 Å². The predicted octanol–water partition coefficient (Wildman–Crippen LogP) is 2.45. The molecule has 1 fully saturated rings. The van der Waals surface area contributed by atoms with Gasteiger partial charge in [0, 0.05) is 28.0 Å². The van der Waals surface area contributed by atoms with Gasteiger partial charge in [-0.1, -0.05) is 15.9 Å². The van der Waals surface area contributed by atoms with Crippen molar-refractivity contribution in [2.75, 3.05) is 0 Å². The maximum absolute atomic E-state index is 11.9. The van der Waals surface area contributed by atoms with E-state index in [-0.39, 0.29) is 17.7 Å². The molecule has 0 bridgehead atoms. The third-order valence-electron chi connectivity index (χ3n) is 3.28. The topological polar surface area (TPSA) is 62.0 Å². The number of benzene rings is 1. The summed E-state index contributed by atoms with van der Waals surface area (Å²) in [5.74, 6) is -0.637. The lowest BCUT2D eigenvalue weighted by Crippen LogP contribution is -2.39. The Morgan fingerprint density at radius 3 is 2.89 bits per heavy atom. The van der Waals surface area contributed by atoms with Crippen molar-refractivity contribution < 1.29 is 9.59 Å². The van der Waals surface area contributed by atoms with Gasteiger partial charge in [0.25, 0.3) is 0 Å². The van der Waals surface area contributed by atoms with Gasteiger partial charge in [0.15, 0.2) is 0 Å². The van der Waals surface area contributed by atoms with Gasteiger partial charge in [-0.05, 0) is 30.2 Å². The fourth-order valence-corrected chi connectivity index (χ4v) is 2.91. The smallest absolute Gasteiger partial charge is 0.234 e. The average Bonchev–Trinajstić information content (AvgIpc) is 2.76. The van der Waals surface area contributed by atoms with Gasteiger partial charge in [0.2, 0.25) is 11.8 Å². The maximum atomic E-state index is 11.9. The van der Waals surface area contributed by atoms with E-state index in [4.69, 9.17) is 0 Å². The van der Waals surface area contributed by atoms with Gasteiger partial charge in [-0.3, -0.25) is 14.9 Å². The third-order valence-corrected chi connectivity index (χ3v) is 3.74. The van der Waals surface area contributed by atoms with Gasteiger partial charge >= 0.3 is 0 Å². The SMILES string of the molecule is O=C1CCC(c2cc(Br)cc3[nH]ccc23)C(=O)N1. The molecule has 3 rings (SSSR count). The number of piperidine rings is 1. The Labute approximate surface area is 112 Å². The lowest BCUT2D eigenvalue weighted by atomic mass is 9.88. The first-order valence-corrected chi connectivity index (χ1v) is 6.54. The highest BCUT2D eigenvalue weighted by atomic mass is 79.9. The molecule has 1 saturated heterocycles. The number of imide groups is 1. The van der Waals surface area contributed by atoms with E-state index in [1.807, 2.05) is 24.4 Å². The minimum Gasteiger partial charge on any atom is -0.361 e. The number of nitrogens with one attached hydrogen (secondary N) is 2. The third kappa shape index (κ3) is 1.84. The molecule has 0 radical (unpaired) electrons. The van der Waals surface area contributed by atoms with Crippen molar-refractivity contribution in [3.8, 4) is 0 Å². The molecule has 18 heavy (non-hydrogen) atoms. The summed E-state index contributed by atoms with van der Waals surface area (Å²) < 4.78 is 0.928. The molecule has 0 saturated carbocycles. The minimum atomic E-state index is -0.251. The predicted molar refractivity (Wildman–Crippen MR) is 71.1 cm³/mol. The summed E-state index contributed by atoms with van der Waals surface area (Å²) in [6.45, 7) is 0. The summed E-state index contributed by atoms with van der Waals surface area (Å²) in [5, 5.41) is 3.44. The van der Waals surface area contributed by atoms with Crippen LogP contribution in [-0.4, -0.2) is 16.8 Å². The van der Waals surface area contributed by atoms with Crippen LogP contribution in [0.25, 0.3) is 10.9 Å². The molecule has 2 N–H and O–H groups in total. The zero-order valence-electron chi connectivity index (χ0n) is 9.50. The van der Waals surface area contributed by atoms with Gasteiger partial charge in [-0.25, -0.2) is 0 Å². The zero-order chi connectivity index (χ0) is 12.7. The molecule has 0 spiro atoms. The van der Waals surface area contributed by atoms with Crippen molar-refractivity contribution in [2.45, 2.75) is 18.8 Å². The van der Waals surface area contributed by atoms with Crippen LogP contribution in [0.4, 0.5) is 0 Å². The van der Waals surface area contributed by atoms with Crippen molar-refractivity contribution in [2.24, 2.45) is 0 Å². The molecule has 92 valence electrons. The quantitative estimate of drug-likeness (QED) is 0.795. The molecule has 1 atom stereocenters. The molecule has 2 amide bonds. The van der Waals surface area contributed by atoms with Crippen molar-refractivity contribution in [1.29, 1.82) is 0 Å².